The van der Waals surface area contributed by atoms with Gasteiger partial charge in [0.15, 0.2) is 0 Å². The van der Waals surface area contributed by atoms with Gasteiger partial charge in [-0.05, 0) is 47.9 Å². The van der Waals surface area contributed by atoms with Gasteiger partial charge in [0.05, 0.1) is 5.75 Å². The van der Waals surface area contributed by atoms with Gasteiger partial charge in [-0.3, -0.25) is 14.4 Å². The second-order valence-electron chi connectivity index (χ2n) is 7.59. The number of hydrogen-bond donors (Lipinski definition) is 3. The zero-order chi connectivity index (χ0) is 20.7. The van der Waals surface area contributed by atoms with Gasteiger partial charge in [-0.15, -0.1) is 11.8 Å². The average Bonchev–Trinajstić information content (AvgIpc) is 2.59. The zero-order valence-corrected chi connectivity index (χ0v) is 17.1. The van der Waals surface area contributed by atoms with E-state index in [1.165, 1.54) is 11.8 Å². The third-order valence-electron chi connectivity index (χ3n) is 3.63. The van der Waals surface area contributed by atoms with E-state index >= 15 is 0 Å². The Morgan fingerprint density at radius 1 is 0.929 bits per heavy atom. The fourth-order valence-electron chi connectivity index (χ4n) is 2.41. The minimum atomic E-state index is -0.511. The number of thioether (sulfide) groups is 1. The minimum Gasteiger partial charge on any atom is -0.366 e. The van der Waals surface area contributed by atoms with Crippen LogP contribution in [0, 0.1) is 5.41 Å². The van der Waals surface area contributed by atoms with Crippen molar-refractivity contribution in [3.63, 3.8) is 0 Å². The second-order valence-corrected chi connectivity index (χ2v) is 8.64. The molecule has 0 bridgehead atoms. The molecule has 0 fully saturated rings. The molecule has 0 atom stereocenters. The average molecular weight is 400 g/mol. The summed E-state index contributed by atoms with van der Waals surface area (Å²) in [6.45, 7) is 6.04. The number of anilines is 2. The highest BCUT2D eigenvalue weighted by atomic mass is 32.2. The molecule has 0 aliphatic heterocycles. The van der Waals surface area contributed by atoms with Crippen LogP contribution in [0.2, 0.25) is 0 Å². The third-order valence-corrected chi connectivity index (χ3v) is 4.63. The van der Waals surface area contributed by atoms with Crippen molar-refractivity contribution in [1.29, 1.82) is 0 Å². The molecule has 0 saturated heterocycles. The SMILES string of the molecule is CC(C)(C)CC(=O)Nc1cccc(SCC(=O)Nc2ccc(C(N)=O)cc2)c1. The summed E-state index contributed by atoms with van der Waals surface area (Å²) in [4.78, 5) is 36.1. The van der Waals surface area contributed by atoms with E-state index in [9.17, 15) is 14.4 Å². The van der Waals surface area contributed by atoms with Crippen LogP contribution >= 0.6 is 11.8 Å². The summed E-state index contributed by atoms with van der Waals surface area (Å²) in [6.07, 6.45) is 0.432. The van der Waals surface area contributed by atoms with E-state index < -0.39 is 5.91 Å². The molecule has 0 saturated carbocycles. The van der Waals surface area contributed by atoms with E-state index in [1.807, 2.05) is 45.0 Å². The van der Waals surface area contributed by atoms with Crippen molar-refractivity contribution < 1.29 is 14.4 Å². The van der Waals surface area contributed by atoms with Crippen LogP contribution in [0.5, 0.6) is 0 Å². The third kappa shape index (κ3) is 7.44. The lowest BCUT2D eigenvalue weighted by molar-refractivity contribution is -0.118. The van der Waals surface area contributed by atoms with Gasteiger partial charge in [-0.25, -0.2) is 0 Å². The highest BCUT2D eigenvalue weighted by molar-refractivity contribution is 8.00. The molecule has 2 aromatic carbocycles. The van der Waals surface area contributed by atoms with Crippen LogP contribution in [0.4, 0.5) is 11.4 Å². The first-order valence-electron chi connectivity index (χ1n) is 8.85. The number of nitrogens with one attached hydrogen (secondary N) is 2. The van der Waals surface area contributed by atoms with Gasteiger partial charge in [0.1, 0.15) is 0 Å². The Balaban J connectivity index is 1.87. The van der Waals surface area contributed by atoms with Gasteiger partial charge in [-0.2, -0.15) is 0 Å². The standard InChI is InChI=1S/C21H25N3O3S/c1-21(2,3)12-18(25)24-16-5-4-6-17(11-16)28-13-19(26)23-15-9-7-14(8-10-15)20(22)27/h4-11H,12-13H2,1-3H3,(H2,22,27)(H,23,26)(H,24,25). The maximum absolute atomic E-state index is 12.1. The number of primary amides is 1. The summed E-state index contributed by atoms with van der Waals surface area (Å²) in [5, 5.41) is 5.66. The quantitative estimate of drug-likeness (QED) is 0.615. The zero-order valence-electron chi connectivity index (χ0n) is 16.2. The van der Waals surface area contributed by atoms with Crippen LogP contribution in [-0.2, 0) is 9.59 Å². The molecule has 7 heteroatoms. The Kier molecular flexibility index (Phi) is 7.23. The highest BCUT2D eigenvalue weighted by Crippen LogP contribution is 2.24. The summed E-state index contributed by atoms with van der Waals surface area (Å²) in [6, 6.07) is 13.8. The van der Waals surface area contributed by atoms with Gasteiger partial charge < -0.3 is 16.4 Å². The smallest absolute Gasteiger partial charge is 0.248 e. The summed E-state index contributed by atoms with van der Waals surface area (Å²) in [7, 11) is 0. The molecule has 3 amide bonds. The first kappa shape index (κ1) is 21.5. The number of amides is 3. The first-order valence-corrected chi connectivity index (χ1v) is 9.83. The largest absolute Gasteiger partial charge is 0.366 e. The Hall–Kier alpha value is -2.80. The van der Waals surface area contributed by atoms with Gasteiger partial charge >= 0.3 is 0 Å². The summed E-state index contributed by atoms with van der Waals surface area (Å²) in [5.41, 5.74) is 6.81. The molecule has 2 rings (SSSR count). The molecule has 0 aliphatic rings. The summed E-state index contributed by atoms with van der Waals surface area (Å²) >= 11 is 1.37. The van der Waals surface area contributed by atoms with Crippen molar-refractivity contribution in [1.82, 2.24) is 0 Å². The summed E-state index contributed by atoms with van der Waals surface area (Å²) in [5.74, 6) is -0.495. The van der Waals surface area contributed by atoms with E-state index in [-0.39, 0.29) is 23.0 Å². The Morgan fingerprint density at radius 3 is 2.18 bits per heavy atom. The minimum absolute atomic E-state index is 0.0354. The molecule has 4 N–H and O–H groups in total. The maximum Gasteiger partial charge on any atom is 0.248 e. The topological polar surface area (TPSA) is 101 Å². The van der Waals surface area contributed by atoms with E-state index in [4.69, 9.17) is 5.73 Å². The lowest BCUT2D eigenvalue weighted by atomic mass is 9.92. The molecule has 0 unspecified atom stereocenters. The van der Waals surface area contributed by atoms with Crippen molar-refractivity contribution in [2.75, 3.05) is 16.4 Å². The van der Waals surface area contributed by atoms with Crippen LogP contribution in [-0.4, -0.2) is 23.5 Å². The predicted molar refractivity (Wildman–Crippen MR) is 113 cm³/mol. The van der Waals surface area contributed by atoms with E-state index in [1.54, 1.807) is 24.3 Å². The predicted octanol–water partition coefficient (Wildman–Crippen LogP) is 3.89. The molecule has 0 aliphatic carbocycles. The molecule has 0 aromatic heterocycles. The fraction of sp³-hybridized carbons (Fsp3) is 0.286. The maximum atomic E-state index is 12.1. The molecule has 2 aromatic rings. The Labute approximate surface area is 169 Å². The first-order chi connectivity index (χ1) is 13.1. The number of carbonyl (C=O) groups excluding carboxylic acids is 3. The van der Waals surface area contributed by atoms with Gasteiger partial charge in [0, 0.05) is 28.3 Å². The Bertz CT molecular complexity index is 858. The van der Waals surface area contributed by atoms with Crippen LogP contribution in [0.15, 0.2) is 53.4 Å². The number of rotatable bonds is 7. The van der Waals surface area contributed by atoms with Gasteiger partial charge in [0.25, 0.3) is 0 Å². The Morgan fingerprint density at radius 2 is 1.57 bits per heavy atom. The van der Waals surface area contributed by atoms with Gasteiger partial charge in [-0.1, -0.05) is 26.8 Å². The lowest BCUT2D eigenvalue weighted by Crippen LogP contribution is -2.19. The van der Waals surface area contributed by atoms with E-state index in [0.717, 1.165) is 4.90 Å². The molecule has 28 heavy (non-hydrogen) atoms. The van der Waals surface area contributed by atoms with Crippen LogP contribution in [0.1, 0.15) is 37.6 Å². The van der Waals surface area contributed by atoms with Crippen molar-refractivity contribution in [3.05, 3.63) is 54.1 Å². The van der Waals surface area contributed by atoms with Crippen LogP contribution in [0.3, 0.4) is 0 Å². The number of hydrogen-bond acceptors (Lipinski definition) is 4. The number of benzene rings is 2. The van der Waals surface area contributed by atoms with E-state index in [2.05, 4.69) is 10.6 Å². The number of carbonyl (C=O) groups is 3. The molecular formula is C21H25N3O3S. The second kappa shape index (κ2) is 9.41. The molecule has 0 spiro atoms. The van der Waals surface area contributed by atoms with E-state index in [0.29, 0.717) is 23.4 Å². The molecule has 6 nitrogen and oxygen atoms in total. The normalized spacial score (nSPS) is 11.0. The fourth-order valence-corrected chi connectivity index (χ4v) is 3.17. The lowest BCUT2D eigenvalue weighted by Gasteiger charge is -2.17. The summed E-state index contributed by atoms with van der Waals surface area (Å²) < 4.78 is 0. The number of nitrogens with two attached hydrogens (primary N) is 1. The van der Waals surface area contributed by atoms with Crippen molar-refractivity contribution >= 4 is 40.9 Å². The van der Waals surface area contributed by atoms with Crippen molar-refractivity contribution in [3.8, 4) is 0 Å². The molecule has 148 valence electrons. The molecule has 0 radical (unpaired) electrons. The highest BCUT2D eigenvalue weighted by Gasteiger charge is 2.16. The van der Waals surface area contributed by atoms with Crippen LogP contribution in [0.25, 0.3) is 0 Å². The van der Waals surface area contributed by atoms with Gasteiger partial charge in [0.2, 0.25) is 17.7 Å². The van der Waals surface area contributed by atoms with Crippen LogP contribution < -0.4 is 16.4 Å². The molecule has 0 heterocycles. The molecular weight excluding hydrogens is 374 g/mol. The van der Waals surface area contributed by atoms with Crippen molar-refractivity contribution in [2.45, 2.75) is 32.1 Å². The monoisotopic (exact) mass is 399 g/mol. The van der Waals surface area contributed by atoms with Crippen molar-refractivity contribution in [2.24, 2.45) is 11.1 Å².